The second-order valence-corrected chi connectivity index (χ2v) is 4.63. The van der Waals surface area contributed by atoms with E-state index in [2.05, 4.69) is 43.4 Å². The standard InChI is InChI=1S/C13H19N/c1-10-4-3-5-12(8-10)14-13-7-6-11(2)9-13/h3-5,8,11,13-14H,6-7,9H2,1-2H3/t11-,13+/m0/s1. The second-order valence-electron chi connectivity index (χ2n) is 4.63. The van der Waals surface area contributed by atoms with Crippen LogP contribution in [-0.2, 0) is 0 Å². The average molecular weight is 189 g/mol. The maximum atomic E-state index is 3.61. The highest BCUT2D eigenvalue weighted by Crippen LogP contribution is 2.27. The average Bonchev–Trinajstić information content (AvgIpc) is 2.51. The Kier molecular flexibility index (Phi) is 2.76. The minimum Gasteiger partial charge on any atom is -0.382 e. The first-order valence-corrected chi connectivity index (χ1v) is 5.57. The first kappa shape index (κ1) is 9.57. The van der Waals surface area contributed by atoms with Gasteiger partial charge in [-0.25, -0.2) is 0 Å². The van der Waals surface area contributed by atoms with E-state index < -0.39 is 0 Å². The summed E-state index contributed by atoms with van der Waals surface area (Å²) in [5.41, 5.74) is 2.62. The molecule has 1 aliphatic carbocycles. The van der Waals surface area contributed by atoms with E-state index in [4.69, 9.17) is 0 Å². The Morgan fingerprint density at radius 1 is 1.29 bits per heavy atom. The zero-order valence-corrected chi connectivity index (χ0v) is 9.09. The molecular formula is C13H19N. The lowest BCUT2D eigenvalue weighted by Crippen LogP contribution is -2.15. The van der Waals surface area contributed by atoms with Gasteiger partial charge in [-0.15, -0.1) is 0 Å². The first-order valence-electron chi connectivity index (χ1n) is 5.57. The van der Waals surface area contributed by atoms with Crippen molar-refractivity contribution >= 4 is 5.69 Å². The van der Waals surface area contributed by atoms with Crippen LogP contribution in [0.1, 0.15) is 31.7 Å². The van der Waals surface area contributed by atoms with E-state index in [0.29, 0.717) is 6.04 Å². The highest BCUT2D eigenvalue weighted by molar-refractivity contribution is 5.46. The number of hydrogen-bond donors (Lipinski definition) is 1. The molecule has 2 atom stereocenters. The zero-order valence-electron chi connectivity index (χ0n) is 9.09. The third-order valence-corrected chi connectivity index (χ3v) is 3.08. The van der Waals surface area contributed by atoms with Crippen molar-refractivity contribution in [2.45, 2.75) is 39.2 Å². The van der Waals surface area contributed by atoms with E-state index in [1.54, 1.807) is 0 Å². The van der Waals surface area contributed by atoms with E-state index in [-0.39, 0.29) is 0 Å². The van der Waals surface area contributed by atoms with Crippen LogP contribution in [0.25, 0.3) is 0 Å². The van der Waals surface area contributed by atoms with Gasteiger partial charge in [-0.1, -0.05) is 19.1 Å². The van der Waals surface area contributed by atoms with Gasteiger partial charge in [0.2, 0.25) is 0 Å². The number of hydrogen-bond acceptors (Lipinski definition) is 1. The summed E-state index contributed by atoms with van der Waals surface area (Å²) in [5, 5.41) is 3.61. The molecule has 2 rings (SSSR count). The van der Waals surface area contributed by atoms with Crippen LogP contribution in [0, 0.1) is 12.8 Å². The molecule has 0 saturated heterocycles. The van der Waals surface area contributed by atoms with Gasteiger partial charge in [0.1, 0.15) is 0 Å². The van der Waals surface area contributed by atoms with Gasteiger partial charge in [-0.2, -0.15) is 0 Å². The Hall–Kier alpha value is -0.980. The van der Waals surface area contributed by atoms with E-state index in [1.165, 1.54) is 30.5 Å². The molecule has 0 amide bonds. The number of benzene rings is 1. The van der Waals surface area contributed by atoms with Crippen LogP contribution in [0.3, 0.4) is 0 Å². The first-order chi connectivity index (χ1) is 6.74. The molecule has 0 aromatic heterocycles. The molecule has 1 fully saturated rings. The Balaban J connectivity index is 1.97. The third kappa shape index (κ3) is 2.28. The zero-order chi connectivity index (χ0) is 9.97. The van der Waals surface area contributed by atoms with Crippen LogP contribution >= 0.6 is 0 Å². The van der Waals surface area contributed by atoms with Crippen LogP contribution in [-0.4, -0.2) is 6.04 Å². The van der Waals surface area contributed by atoms with E-state index in [9.17, 15) is 0 Å². The van der Waals surface area contributed by atoms with Gasteiger partial charge in [0.05, 0.1) is 0 Å². The number of aryl methyl sites for hydroxylation is 1. The summed E-state index contributed by atoms with van der Waals surface area (Å²) in [6.07, 6.45) is 4.03. The van der Waals surface area contributed by atoms with Crippen LogP contribution in [0.2, 0.25) is 0 Å². The lowest BCUT2D eigenvalue weighted by molar-refractivity contribution is 0.602. The van der Waals surface area contributed by atoms with Gasteiger partial charge < -0.3 is 5.32 Å². The van der Waals surface area contributed by atoms with Crippen molar-refractivity contribution < 1.29 is 0 Å². The van der Waals surface area contributed by atoms with Crippen molar-refractivity contribution in [3.63, 3.8) is 0 Å². The molecule has 0 heterocycles. The summed E-state index contributed by atoms with van der Waals surface area (Å²) in [4.78, 5) is 0. The Bertz CT molecular complexity index is 306. The highest BCUT2D eigenvalue weighted by atomic mass is 14.9. The number of rotatable bonds is 2. The quantitative estimate of drug-likeness (QED) is 0.749. The highest BCUT2D eigenvalue weighted by Gasteiger charge is 2.20. The van der Waals surface area contributed by atoms with E-state index in [1.807, 2.05) is 0 Å². The van der Waals surface area contributed by atoms with Crippen molar-refractivity contribution in [3.05, 3.63) is 29.8 Å². The number of nitrogens with one attached hydrogen (secondary N) is 1. The molecule has 1 aromatic rings. The maximum Gasteiger partial charge on any atom is 0.0344 e. The molecule has 1 N–H and O–H groups in total. The van der Waals surface area contributed by atoms with Crippen molar-refractivity contribution in [2.24, 2.45) is 5.92 Å². The summed E-state index contributed by atoms with van der Waals surface area (Å²) in [6, 6.07) is 9.35. The molecule has 0 aliphatic heterocycles. The largest absolute Gasteiger partial charge is 0.382 e. The minimum atomic E-state index is 0.701. The lowest BCUT2D eigenvalue weighted by Gasteiger charge is -2.14. The fourth-order valence-electron chi connectivity index (χ4n) is 2.31. The molecule has 1 saturated carbocycles. The topological polar surface area (TPSA) is 12.0 Å². The van der Waals surface area contributed by atoms with Gasteiger partial charge in [0.25, 0.3) is 0 Å². The fourth-order valence-corrected chi connectivity index (χ4v) is 2.31. The summed E-state index contributed by atoms with van der Waals surface area (Å²) >= 11 is 0. The van der Waals surface area contributed by atoms with Gasteiger partial charge >= 0.3 is 0 Å². The summed E-state index contributed by atoms with van der Waals surface area (Å²) in [5.74, 6) is 0.900. The minimum absolute atomic E-state index is 0.701. The van der Waals surface area contributed by atoms with Gasteiger partial charge in [0.15, 0.2) is 0 Å². The van der Waals surface area contributed by atoms with Crippen molar-refractivity contribution in [2.75, 3.05) is 5.32 Å². The Morgan fingerprint density at radius 3 is 2.79 bits per heavy atom. The molecule has 0 unspecified atom stereocenters. The molecule has 0 spiro atoms. The Morgan fingerprint density at radius 2 is 2.14 bits per heavy atom. The molecule has 14 heavy (non-hydrogen) atoms. The van der Waals surface area contributed by atoms with Crippen LogP contribution in [0.15, 0.2) is 24.3 Å². The third-order valence-electron chi connectivity index (χ3n) is 3.08. The van der Waals surface area contributed by atoms with Gasteiger partial charge in [-0.05, 0) is 49.8 Å². The van der Waals surface area contributed by atoms with Crippen LogP contribution in [0.4, 0.5) is 5.69 Å². The van der Waals surface area contributed by atoms with Gasteiger partial charge in [-0.3, -0.25) is 0 Å². The monoisotopic (exact) mass is 189 g/mol. The van der Waals surface area contributed by atoms with Crippen LogP contribution < -0.4 is 5.32 Å². The molecule has 76 valence electrons. The van der Waals surface area contributed by atoms with Crippen molar-refractivity contribution in [1.82, 2.24) is 0 Å². The molecule has 0 radical (unpaired) electrons. The molecule has 1 nitrogen and oxygen atoms in total. The number of anilines is 1. The summed E-state index contributed by atoms with van der Waals surface area (Å²) < 4.78 is 0. The normalized spacial score (nSPS) is 26.4. The summed E-state index contributed by atoms with van der Waals surface area (Å²) in [6.45, 7) is 4.49. The predicted molar refractivity (Wildman–Crippen MR) is 61.6 cm³/mol. The van der Waals surface area contributed by atoms with Crippen molar-refractivity contribution in [3.8, 4) is 0 Å². The Labute approximate surface area is 86.5 Å². The molecule has 1 heteroatoms. The molecule has 1 aliphatic rings. The fraction of sp³-hybridized carbons (Fsp3) is 0.538. The molecular weight excluding hydrogens is 170 g/mol. The second kappa shape index (κ2) is 4.04. The molecule has 0 bridgehead atoms. The lowest BCUT2D eigenvalue weighted by atomic mass is 10.1. The predicted octanol–water partition coefficient (Wildman–Crippen LogP) is 3.60. The van der Waals surface area contributed by atoms with E-state index >= 15 is 0 Å². The SMILES string of the molecule is Cc1cccc(N[C@@H]2CC[C@H](C)C2)c1. The van der Waals surface area contributed by atoms with E-state index in [0.717, 1.165) is 5.92 Å². The maximum absolute atomic E-state index is 3.61. The van der Waals surface area contributed by atoms with Gasteiger partial charge in [0, 0.05) is 11.7 Å². The molecule has 1 aromatic carbocycles. The smallest absolute Gasteiger partial charge is 0.0344 e. The van der Waals surface area contributed by atoms with Crippen molar-refractivity contribution in [1.29, 1.82) is 0 Å². The van der Waals surface area contributed by atoms with Crippen LogP contribution in [0.5, 0.6) is 0 Å². The summed E-state index contributed by atoms with van der Waals surface area (Å²) in [7, 11) is 0.